The number of ether oxygens (including phenoxy) is 2. The van der Waals surface area contributed by atoms with E-state index in [1.54, 1.807) is 0 Å². The van der Waals surface area contributed by atoms with Crippen molar-refractivity contribution in [3.8, 4) is 0 Å². The molecule has 0 aromatic carbocycles. The topological polar surface area (TPSA) is 52.6 Å². The second kappa shape index (κ2) is 4.89. The Morgan fingerprint density at radius 3 is 2.06 bits per heavy atom. The third kappa shape index (κ3) is 2.44. The predicted octanol–water partition coefficient (Wildman–Crippen LogP) is 2.14. The van der Waals surface area contributed by atoms with Crippen LogP contribution in [-0.4, -0.2) is 25.2 Å². The minimum atomic E-state index is -0.147. The normalized spacial score (nSPS) is 31.7. The van der Waals surface area contributed by atoms with Crippen LogP contribution in [0.4, 0.5) is 0 Å². The maximum Gasteiger partial charge on any atom is 0.373 e. The molecule has 0 amide bonds. The van der Waals surface area contributed by atoms with Gasteiger partial charge in [-0.05, 0) is 30.6 Å². The van der Waals surface area contributed by atoms with Crippen molar-refractivity contribution >= 4 is 6.15 Å². The summed E-state index contributed by atoms with van der Waals surface area (Å²) in [5, 5.41) is 0. The zero-order chi connectivity index (χ0) is 12.4. The maximum absolute atomic E-state index is 8.12. The minimum absolute atomic E-state index is 0.147. The highest BCUT2D eigenvalue weighted by Crippen LogP contribution is 2.64. The van der Waals surface area contributed by atoms with E-state index in [9.17, 15) is 0 Å². The molecule has 0 bridgehead atoms. The van der Waals surface area contributed by atoms with Gasteiger partial charge >= 0.3 is 6.15 Å². The molecule has 1 unspecified atom stereocenters. The molecule has 3 rings (SSSR count). The first-order valence-electron chi connectivity index (χ1n) is 6.47. The largest absolute Gasteiger partial charge is 0.373 e. The summed E-state index contributed by atoms with van der Waals surface area (Å²) >= 11 is 0. The Morgan fingerprint density at radius 2 is 1.65 bits per heavy atom. The molecule has 17 heavy (non-hydrogen) atoms. The third-order valence-corrected chi connectivity index (χ3v) is 4.67. The lowest BCUT2D eigenvalue weighted by Gasteiger charge is -2.36. The van der Waals surface area contributed by atoms with Crippen molar-refractivity contribution in [1.29, 1.82) is 0 Å². The van der Waals surface area contributed by atoms with Crippen molar-refractivity contribution in [3.63, 3.8) is 0 Å². The van der Waals surface area contributed by atoms with Crippen LogP contribution >= 0.6 is 0 Å². The highest BCUT2D eigenvalue weighted by molar-refractivity contribution is 5.20. The summed E-state index contributed by atoms with van der Waals surface area (Å²) in [6.07, 6.45) is 8.05. The van der Waals surface area contributed by atoms with Crippen molar-refractivity contribution in [3.05, 3.63) is 0 Å². The Morgan fingerprint density at radius 1 is 1.12 bits per heavy atom. The summed E-state index contributed by atoms with van der Waals surface area (Å²) < 4.78 is 11.5. The molecule has 3 fully saturated rings. The van der Waals surface area contributed by atoms with Crippen molar-refractivity contribution in [2.75, 3.05) is 13.2 Å². The van der Waals surface area contributed by atoms with Gasteiger partial charge in [0.25, 0.3) is 0 Å². The van der Waals surface area contributed by atoms with E-state index in [0.717, 1.165) is 37.4 Å². The van der Waals surface area contributed by atoms with Crippen molar-refractivity contribution in [1.82, 2.24) is 0 Å². The van der Waals surface area contributed by atoms with Gasteiger partial charge in [-0.3, -0.25) is 0 Å². The van der Waals surface area contributed by atoms with Gasteiger partial charge < -0.3 is 9.47 Å². The molecule has 1 aliphatic heterocycles. The van der Waals surface area contributed by atoms with Gasteiger partial charge in [-0.2, -0.15) is 9.59 Å². The van der Waals surface area contributed by atoms with E-state index >= 15 is 0 Å². The van der Waals surface area contributed by atoms with E-state index < -0.39 is 0 Å². The summed E-state index contributed by atoms with van der Waals surface area (Å²) in [7, 11) is 0. The Hall–Kier alpha value is -0.700. The van der Waals surface area contributed by atoms with E-state index in [2.05, 4.69) is 6.92 Å². The Balaban J connectivity index is 0.000000329. The molecule has 2 spiro atoms. The van der Waals surface area contributed by atoms with Crippen LogP contribution in [0.15, 0.2) is 0 Å². The van der Waals surface area contributed by atoms with Crippen LogP contribution < -0.4 is 0 Å². The molecule has 2 saturated carbocycles. The Bertz CT molecular complexity index is 291. The molecule has 0 aromatic heterocycles. The van der Waals surface area contributed by atoms with Gasteiger partial charge in [0.05, 0.1) is 13.2 Å². The van der Waals surface area contributed by atoms with Crippen molar-refractivity contribution in [2.45, 2.75) is 51.2 Å². The summed E-state index contributed by atoms with van der Waals surface area (Å²) in [6, 6.07) is 0. The SMILES string of the molecule is CCC1CC12CCC1(CC2)OCCO1.O=C=O. The summed E-state index contributed by atoms with van der Waals surface area (Å²) in [6.45, 7) is 3.95. The first-order valence-corrected chi connectivity index (χ1v) is 6.47. The minimum Gasteiger partial charge on any atom is -0.348 e. The van der Waals surface area contributed by atoms with Crippen LogP contribution in [0.2, 0.25) is 0 Å². The zero-order valence-electron chi connectivity index (χ0n) is 10.4. The highest BCUT2D eigenvalue weighted by atomic mass is 16.7. The third-order valence-electron chi connectivity index (χ3n) is 4.67. The quantitative estimate of drug-likeness (QED) is 0.704. The average Bonchev–Trinajstić information content (AvgIpc) is 2.84. The van der Waals surface area contributed by atoms with Gasteiger partial charge in [0.15, 0.2) is 5.79 Å². The lowest BCUT2D eigenvalue weighted by molar-refractivity contribution is -0.191. The fourth-order valence-electron chi connectivity index (χ4n) is 3.54. The van der Waals surface area contributed by atoms with Gasteiger partial charge in [-0.25, -0.2) is 0 Å². The van der Waals surface area contributed by atoms with Crippen LogP contribution in [0.5, 0.6) is 0 Å². The Labute approximate surface area is 102 Å². The molecule has 2 aliphatic carbocycles. The van der Waals surface area contributed by atoms with Gasteiger partial charge in [0.2, 0.25) is 0 Å². The molecule has 3 aliphatic rings. The fourth-order valence-corrected chi connectivity index (χ4v) is 3.54. The molecule has 0 radical (unpaired) electrons. The van der Waals surface area contributed by atoms with E-state index in [1.807, 2.05) is 0 Å². The van der Waals surface area contributed by atoms with E-state index in [4.69, 9.17) is 19.1 Å². The van der Waals surface area contributed by atoms with E-state index in [0.29, 0.717) is 0 Å². The van der Waals surface area contributed by atoms with Gasteiger partial charge in [0.1, 0.15) is 0 Å². The summed E-state index contributed by atoms with van der Waals surface area (Å²) in [4.78, 5) is 16.2. The first-order chi connectivity index (χ1) is 8.20. The lowest BCUT2D eigenvalue weighted by atomic mass is 9.80. The van der Waals surface area contributed by atoms with Crippen LogP contribution in [-0.2, 0) is 19.1 Å². The number of hydrogen-bond donors (Lipinski definition) is 0. The van der Waals surface area contributed by atoms with Crippen LogP contribution in [0, 0.1) is 11.3 Å². The molecule has 4 nitrogen and oxygen atoms in total. The molecular formula is C13H20O4. The molecule has 4 heteroatoms. The second-order valence-corrected chi connectivity index (χ2v) is 5.36. The van der Waals surface area contributed by atoms with Crippen LogP contribution in [0.1, 0.15) is 45.4 Å². The maximum atomic E-state index is 8.12. The molecule has 1 saturated heterocycles. The van der Waals surface area contributed by atoms with E-state index in [1.165, 1.54) is 25.7 Å². The monoisotopic (exact) mass is 240 g/mol. The molecule has 1 atom stereocenters. The predicted molar refractivity (Wildman–Crippen MR) is 58.9 cm³/mol. The van der Waals surface area contributed by atoms with Crippen molar-refractivity contribution < 1.29 is 19.1 Å². The number of rotatable bonds is 1. The molecule has 0 N–H and O–H groups in total. The van der Waals surface area contributed by atoms with Crippen LogP contribution in [0.25, 0.3) is 0 Å². The van der Waals surface area contributed by atoms with Crippen molar-refractivity contribution in [2.24, 2.45) is 11.3 Å². The van der Waals surface area contributed by atoms with E-state index in [-0.39, 0.29) is 11.9 Å². The lowest BCUT2D eigenvalue weighted by Crippen LogP contribution is -2.36. The fraction of sp³-hybridized carbons (Fsp3) is 0.923. The second-order valence-electron chi connectivity index (χ2n) is 5.36. The van der Waals surface area contributed by atoms with Gasteiger partial charge in [-0.1, -0.05) is 13.3 Å². The summed E-state index contributed by atoms with van der Waals surface area (Å²) in [5.74, 6) is 0.868. The zero-order valence-corrected chi connectivity index (χ0v) is 10.4. The first kappa shape index (κ1) is 12.7. The summed E-state index contributed by atoms with van der Waals surface area (Å²) in [5.41, 5.74) is 0.718. The molecule has 0 aromatic rings. The average molecular weight is 240 g/mol. The standard InChI is InChI=1S/C12H20O2.CO2/c1-2-10-9-11(10)3-5-12(6-4-11)13-7-8-14-12;2-1-3/h10H,2-9H2,1H3;. The molecule has 1 heterocycles. The highest BCUT2D eigenvalue weighted by Gasteiger charge is 2.57. The van der Waals surface area contributed by atoms with Gasteiger partial charge in [0, 0.05) is 12.8 Å². The van der Waals surface area contributed by atoms with Gasteiger partial charge in [-0.15, -0.1) is 0 Å². The smallest absolute Gasteiger partial charge is 0.348 e. The molecule has 96 valence electrons. The number of hydrogen-bond acceptors (Lipinski definition) is 4. The molecular weight excluding hydrogens is 220 g/mol. The number of carbonyl (C=O) groups excluding carboxylic acids is 2. The Kier molecular flexibility index (Phi) is 3.67. The van der Waals surface area contributed by atoms with Crippen LogP contribution in [0.3, 0.4) is 0 Å².